The van der Waals surface area contributed by atoms with Gasteiger partial charge in [0.25, 0.3) is 0 Å². The Labute approximate surface area is 129 Å². The van der Waals surface area contributed by atoms with E-state index in [1.807, 2.05) is 24.7 Å². The molecule has 116 valence electrons. The summed E-state index contributed by atoms with van der Waals surface area (Å²) in [5.74, 6) is 0. The molecule has 1 aliphatic carbocycles. The molecule has 1 unspecified atom stereocenters. The molecule has 4 rings (SSSR count). The normalized spacial score (nSPS) is 30.1. The molecular weight excluding hydrogens is 279 g/mol. The van der Waals surface area contributed by atoms with Crippen LogP contribution < -0.4 is 0 Å². The summed E-state index contributed by atoms with van der Waals surface area (Å²) in [6.07, 6.45) is 6.93. The van der Waals surface area contributed by atoms with Crippen molar-refractivity contribution in [2.24, 2.45) is 0 Å². The SMILES string of the molecule is OC1CCC(F)(CCC2c3ccccc3-c3cncn32)CC1. The van der Waals surface area contributed by atoms with Crippen molar-refractivity contribution >= 4 is 0 Å². The summed E-state index contributed by atoms with van der Waals surface area (Å²) in [4.78, 5) is 4.25. The second-order valence-electron chi connectivity index (χ2n) is 6.71. The van der Waals surface area contributed by atoms with E-state index in [-0.39, 0.29) is 12.1 Å². The zero-order chi connectivity index (χ0) is 15.2. The highest BCUT2D eigenvalue weighted by Crippen LogP contribution is 2.44. The first-order valence-corrected chi connectivity index (χ1v) is 8.14. The summed E-state index contributed by atoms with van der Waals surface area (Å²) in [5, 5.41) is 9.57. The average molecular weight is 300 g/mol. The number of aliphatic hydroxyl groups is 1. The Kier molecular flexibility index (Phi) is 3.30. The lowest BCUT2D eigenvalue weighted by atomic mass is 9.80. The van der Waals surface area contributed by atoms with Gasteiger partial charge in [0.05, 0.1) is 30.4 Å². The van der Waals surface area contributed by atoms with Gasteiger partial charge in [-0.3, -0.25) is 0 Å². The molecule has 4 heteroatoms. The minimum atomic E-state index is -1.11. The van der Waals surface area contributed by atoms with Crippen molar-refractivity contribution in [3.05, 3.63) is 42.4 Å². The minimum Gasteiger partial charge on any atom is -0.393 e. The van der Waals surface area contributed by atoms with Crippen LogP contribution >= 0.6 is 0 Å². The molecule has 1 atom stereocenters. The molecule has 1 saturated carbocycles. The fraction of sp³-hybridized carbons (Fsp3) is 0.500. The van der Waals surface area contributed by atoms with Crippen molar-refractivity contribution in [2.75, 3.05) is 0 Å². The van der Waals surface area contributed by atoms with Gasteiger partial charge in [-0.1, -0.05) is 24.3 Å². The first-order chi connectivity index (χ1) is 10.7. The van der Waals surface area contributed by atoms with E-state index < -0.39 is 5.67 Å². The van der Waals surface area contributed by atoms with Crippen LogP contribution in [0.3, 0.4) is 0 Å². The van der Waals surface area contributed by atoms with Crippen LogP contribution in [0.1, 0.15) is 50.1 Å². The third kappa shape index (κ3) is 2.26. The average Bonchev–Trinajstić information content (AvgIpc) is 3.10. The maximum absolute atomic E-state index is 14.9. The molecular formula is C18H21FN2O. The second kappa shape index (κ2) is 5.20. The number of benzene rings is 1. The lowest BCUT2D eigenvalue weighted by Crippen LogP contribution is -2.32. The molecule has 0 spiro atoms. The van der Waals surface area contributed by atoms with Crippen molar-refractivity contribution < 1.29 is 9.50 Å². The Hall–Kier alpha value is -1.68. The number of rotatable bonds is 3. The fourth-order valence-electron chi connectivity index (χ4n) is 3.99. The number of aliphatic hydroxyl groups excluding tert-OH is 1. The molecule has 2 heterocycles. The van der Waals surface area contributed by atoms with E-state index >= 15 is 0 Å². The Bertz CT molecular complexity index is 673. The smallest absolute Gasteiger partial charge is 0.111 e. The Balaban J connectivity index is 1.54. The maximum Gasteiger partial charge on any atom is 0.111 e. The molecule has 1 aliphatic heterocycles. The third-order valence-corrected chi connectivity index (χ3v) is 5.31. The minimum absolute atomic E-state index is 0.188. The zero-order valence-corrected chi connectivity index (χ0v) is 12.6. The van der Waals surface area contributed by atoms with Crippen LogP contribution in [0, 0.1) is 0 Å². The quantitative estimate of drug-likeness (QED) is 0.934. The van der Waals surface area contributed by atoms with E-state index in [1.165, 1.54) is 11.1 Å². The molecule has 2 aromatic rings. The number of fused-ring (bicyclic) bond motifs is 3. The van der Waals surface area contributed by atoms with Crippen molar-refractivity contribution in [2.45, 2.75) is 56.3 Å². The van der Waals surface area contributed by atoms with Crippen LogP contribution in [0.4, 0.5) is 4.39 Å². The summed E-state index contributed by atoms with van der Waals surface area (Å²) in [7, 11) is 0. The highest BCUT2D eigenvalue weighted by molar-refractivity contribution is 5.68. The van der Waals surface area contributed by atoms with E-state index in [4.69, 9.17) is 0 Å². The van der Waals surface area contributed by atoms with E-state index in [2.05, 4.69) is 21.7 Å². The van der Waals surface area contributed by atoms with E-state index in [0.717, 1.165) is 12.1 Å². The van der Waals surface area contributed by atoms with Crippen LogP contribution in [-0.2, 0) is 0 Å². The Morgan fingerprint density at radius 2 is 2.05 bits per heavy atom. The summed E-state index contributed by atoms with van der Waals surface area (Å²) >= 11 is 0. The van der Waals surface area contributed by atoms with Crippen LogP contribution in [0.2, 0.25) is 0 Å². The third-order valence-electron chi connectivity index (χ3n) is 5.31. The summed E-state index contributed by atoms with van der Waals surface area (Å²) in [5.41, 5.74) is 2.52. The predicted octanol–water partition coefficient (Wildman–Crippen LogP) is 3.88. The summed E-state index contributed by atoms with van der Waals surface area (Å²) < 4.78 is 17.1. The van der Waals surface area contributed by atoms with Crippen molar-refractivity contribution in [3.63, 3.8) is 0 Å². The number of aromatic nitrogens is 2. The molecule has 1 fully saturated rings. The molecule has 22 heavy (non-hydrogen) atoms. The molecule has 3 nitrogen and oxygen atoms in total. The van der Waals surface area contributed by atoms with Crippen molar-refractivity contribution in [1.82, 2.24) is 9.55 Å². The molecule has 0 bridgehead atoms. The first-order valence-electron chi connectivity index (χ1n) is 8.14. The van der Waals surface area contributed by atoms with Gasteiger partial charge in [-0.2, -0.15) is 0 Å². The monoisotopic (exact) mass is 300 g/mol. The fourth-order valence-corrected chi connectivity index (χ4v) is 3.99. The molecule has 2 aliphatic rings. The van der Waals surface area contributed by atoms with Gasteiger partial charge in [0.15, 0.2) is 0 Å². The molecule has 0 radical (unpaired) electrons. The standard InChI is InChI=1S/C18H21FN2O/c19-18(8-5-13(22)6-9-18)10-7-16-14-3-1-2-4-15(14)17-11-20-12-21(16)17/h1-4,11-13,16,22H,5-10H2. The van der Waals surface area contributed by atoms with E-state index in [1.54, 1.807) is 0 Å². The van der Waals surface area contributed by atoms with Crippen LogP contribution in [0.15, 0.2) is 36.8 Å². The van der Waals surface area contributed by atoms with Crippen LogP contribution in [0.25, 0.3) is 11.3 Å². The van der Waals surface area contributed by atoms with Gasteiger partial charge in [0.1, 0.15) is 5.67 Å². The van der Waals surface area contributed by atoms with Gasteiger partial charge < -0.3 is 9.67 Å². The highest BCUT2D eigenvalue weighted by atomic mass is 19.1. The number of imidazole rings is 1. The van der Waals surface area contributed by atoms with Gasteiger partial charge in [0.2, 0.25) is 0 Å². The van der Waals surface area contributed by atoms with Crippen LogP contribution in [0.5, 0.6) is 0 Å². The zero-order valence-electron chi connectivity index (χ0n) is 12.6. The molecule has 1 N–H and O–H groups in total. The second-order valence-corrected chi connectivity index (χ2v) is 6.71. The van der Waals surface area contributed by atoms with Crippen molar-refractivity contribution in [1.29, 1.82) is 0 Å². The lowest BCUT2D eigenvalue weighted by Gasteiger charge is -2.33. The maximum atomic E-state index is 14.9. The number of halogens is 1. The van der Waals surface area contributed by atoms with E-state index in [9.17, 15) is 9.50 Å². The number of nitrogens with zero attached hydrogens (tertiary/aromatic N) is 2. The van der Waals surface area contributed by atoms with E-state index in [0.29, 0.717) is 32.1 Å². The summed E-state index contributed by atoms with van der Waals surface area (Å²) in [6, 6.07) is 8.53. The van der Waals surface area contributed by atoms with Gasteiger partial charge in [-0.15, -0.1) is 0 Å². The molecule has 0 saturated heterocycles. The molecule has 1 aromatic carbocycles. The van der Waals surface area contributed by atoms with Gasteiger partial charge in [-0.05, 0) is 44.1 Å². The topological polar surface area (TPSA) is 38.1 Å². The summed E-state index contributed by atoms with van der Waals surface area (Å²) in [6.45, 7) is 0. The van der Waals surface area contributed by atoms with Crippen LogP contribution in [-0.4, -0.2) is 26.4 Å². The number of hydrogen-bond acceptors (Lipinski definition) is 2. The van der Waals surface area contributed by atoms with Gasteiger partial charge in [-0.25, -0.2) is 9.37 Å². The number of hydrogen-bond donors (Lipinski definition) is 1. The van der Waals surface area contributed by atoms with Crippen molar-refractivity contribution in [3.8, 4) is 11.3 Å². The Morgan fingerprint density at radius 3 is 2.86 bits per heavy atom. The molecule has 0 amide bonds. The molecule has 1 aromatic heterocycles. The number of alkyl halides is 1. The van der Waals surface area contributed by atoms with Gasteiger partial charge >= 0.3 is 0 Å². The highest BCUT2D eigenvalue weighted by Gasteiger charge is 2.37. The Morgan fingerprint density at radius 1 is 1.27 bits per heavy atom. The predicted molar refractivity (Wildman–Crippen MR) is 83.3 cm³/mol. The lowest BCUT2D eigenvalue weighted by molar-refractivity contribution is 0.0253. The first kappa shape index (κ1) is 13.9. The van der Waals surface area contributed by atoms with Gasteiger partial charge in [0, 0.05) is 5.56 Å². The largest absolute Gasteiger partial charge is 0.393 e.